The van der Waals surface area contributed by atoms with Crippen LogP contribution >= 0.6 is 11.8 Å². The SMILES string of the molecule is CC(C)N(C(=O)CSc1nnc2n1CCN2c1ccc(F)cc1)C(C)C. The van der Waals surface area contributed by atoms with Crippen LogP contribution in [0.15, 0.2) is 29.4 Å². The molecule has 1 aliphatic rings. The van der Waals surface area contributed by atoms with E-state index in [-0.39, 0.29) is 23.8 Å². The van der Waals surface area contributed by atoms with Crippen LogP contribution < -0.4 is 4.90 Å². The van der Waals surface area contributed by atoms with E-state index in [1.54, 1.807) is 12.1 Å². The Balaban J connectivity index is 1.70. The van der Waals surface area contributed by atoms with Crippen LogP contribution in [0.3, 0.4) is 0 Å². The minimum absolute atomic E-state index is 0.103. The number of benzene rings is 1. The number of fused-ring (bicyclic) bond motifs is 1. The van der Waals surface area contributed by atoms with Gasteiger partial charge in [0.2, 0.25) is 11.9 Å². The van der Waals surface area contributed by atoms with Crippen molar-refractivity contribution in [2.45, 2.75) is 51.5 Å². The molecule has 140 valence electrons. The van der Waals surface area contributed by atoms with Crippen LogP contribution in [0.1, 0.15) is 27.7 Å². The van der Waals surface area contributed by atoms with Crippen molar-refractivity contribution in [1.29, 1.82) is 0 Å². The normalized spacial score (nSPS) is 13.6. The largest absolute Gasteiger partial charge is 0.337 e. The van der Waals surface area contributed by atoms with Crippen molar-refractivity contribution < 1.29 is 9.18 Å². The molecule has 6 nitrogen and oxygen atoms in total. The highest BCUT2D eigenvalue weighted by molar-refractivity contribution is 7.99. The Morgan fingerprint density at radius 2 is 1.81 bits per heavy atom. The van der Waals surface area contributed by atoms with Crippen LogP contribution in [0.2, 0.25) is 0 Å². The molecule has 0 atom stereocenters. The Morgan fingerprint density at radius 3 is 2.42 bits per heavy atom. The molecule has 1 aromatic heterocycles. The van der Waals surface area contributed by atoms with Crippen molar-refractivity contribution in [3.8, 4) is 0 Å². The number of rotatable bonds is 6. The van der Waals surface area contributed by atoms with Gasteiger partial charge in [-0.1, -0.05) is 11.8 Å². The van der Waals surface area contributed by atoms with Gasteiger partial charge in [-0.15, -0.1) is 10.2 Å². The van der Waals surface area contributed by atoms with Crippen LogP contribution in [-0.4, -0.2) is 50.0 Å². The average Bonchev–Trinajstić information content (AvgIpc) is 3.15. The van der Waals surface area contributed by atoms with Crippen molar-refractivity contribution in [2.75, 3.05) is 17.2 Å². The molecule has 0 spiro atoms. The van der Waals surface area contributed by atoms with Crippen LogP contribution in [0.4, 0.5) is 16.0 Å². The summed E-state index contributed by atoms with van der Waals surface area (Å²) in [6, 6.07) is 6.69. The minimum Gasteiger partial charge on any atom is -0.337 e. The number of hydrogen-bond donors (Lipinski definition) is 0. The molecule has 26 heavy (non-hydrogen) atoms. The molecular formula is C18H24FN5OS. The third kappa shape index (κ3) is 3.70. The molecule has 2 heterocycles. The van der Waals surface area contributed by atoms with Crippen LogP contribution in [0.25, 0.3) is 0 Å². The lowest BCUT2D eigenvalue weighted by molar-refractivity contribution is -0.131. The van der Waals surface area contributed by atoms with Gasteiger partial charge in [-0.3, -0.25) is 9.36 Å². The summed E-state index contributed by atoms with van der Waals surface area (Å²) in [7, 11) is 0. The molecule has 0 saturated carbocycles. The molecule has 0 N–H and O–H groups in total. The van der Waals surface area contributed by atoms with E-state index in [1.807, 2.05) is 42.1 Å². The number of nitrogens with zero attached hydrogens (tertiary/aromatic N) is 5. The number of carbonyl (C=O) groups excluding carboxylic acids is 1. The van der Waals surface area contributed by atoms with Crippen molar-refractivity contribution in [2.24, 2.45) is 0 Å². The van der Waals surface area contributed by atoms with Crippen molar-refractivity contribution in [1.82, 2.24) is 19.7 Å². The van der Waals surface area contributed by atoms with Gasteiger partial charge in [0.05, 0.1) is 5.75 Å². The van der Waals surface area contributed by atoms with Gasteiger partial charge in [0.1, 0.15) is 5.82 Å². The highest BCUT2D eigenvalue weighted by Crippen LogP contribution is 2.32. The van der Waals surface area contributed by atoms with Gasteiger partial charge in [0, 0.05) is 30.9 Å². The van der Waals surface area contributed by atoms with Gasteiger partial charge in [-0.25, -0.2) is 4.39 Å². The lowest BCUT2D eigenvalue weighted by atomic mass is 10.2. The Morgan fingerprint density at radius 1 is 1.15 bits per heavy atom. The monoisotopic (exact) mass is 377 g/mol. The van der Waals surface area contributed by atoms with Crippen molar-refractivity contribution in [3.63, 3.8) is 0 Å². The lowest BCUT2D eigenvalue weighted by Gasteiger charge is -2.30. The van der Waals surface area contributed by atoms with Crippen LogP contribution in [0.5, 0.6) is 0 Å². The summed E-state index contributed by atoms with van der Waals surface area (Å²) >= 11 is 1.41. The van der Waals surface area contributed by atoms with Gasteiger partial charge in [0.25, 0.3) is 0 Å². The second-order valence-electron chi connectivity index (χ2n) is 6.84. The molecule has 0 unspecified atom stereocenters. The molecule has 2 aromatic rings. The van der Waals surface area contributed by atoms with E-state index in [0.717, 1.165) is 29.9 Å². The molecule has 1 aliphatic heterocycles. The topological polar surface area (TPSA) is 54.3 Å². The third-order valence-electron chi connectivity index (χ3n) is 4.35. The summed E-state index contributed by atoms with van der Waals surface area (Å²) in [6.07, 6.45) is 0. The summed E-state index contributed by atoms with van der Waals surface area (Å²) in [5.41, 5.74) is 0.885. The Kier molecular flexibility index (Phi) is 5.50. The highest BCUT2D eigenvalue weighted by atomic mass is 32.2. The maximum atomic E-state index is 13.1. The smallest absolute Gasteiger partial charge is 0.233 e. The molecular weight excluding hydrogens is 353 g/mol. The number of thioether (sulfide) groups is 1. The van der Waals surface area contributed by atoms with E-state index in [9.17, 15) is 9.18 Å². The second kappa shape index (κ2) is 7.65. The lowest BCUT2D eigenvalue weighted by Crippen LogP contribution is -2.43. The molecule has 0 fully saturated rings. The quantitative estimate of drug-likeness (QED) is 0.723. The number of halogens is 1. The molecule has 0 aliphatic carbocycles. The number of hydrogen-bond acceptors (Lipinski definition) is 5. The standard InChI is InChI=1S/C18H24FN5OS/c1-12(2)24(13(3)4)16(25)11-26-18-21-20-17-22(9-10-23(17)18)15-7-5-14(19)6-8-15/h5-8,12-13H,9-11H2,1-4H3. The van der Waals surface area contributed by atoms with Gasteiger partial charge < -0.3 is 9.80 Å². The zero-order chi connectivity index (χ0) is 18.8. The molecule has 0 bridgehead atoms. The van der Waals surface area contributed by atoms with E-state index < -0.39 is 0 Å². The molecule has 3 rings (SSSR count). The van der Waals surface area contributed by atoms with Crippen LogP contribution in [0, 0.1) is 5.82 Å². The molecule has 1 aromatic carbocycles. The number of amides is 1. The first-order valence-corrected chi connectivity index (χ1v) is 9.77. The fourth-order valence-corrected chi connectivity index (χ4v) is 4.15. The van der Waals surface area contributed by atoms with E-state index >= 15 is 0 Å². The first kappa shape index (κ1) is 18.7. The number of aromatic nitrogens is 3. The Bertz CT molecular complexity index is 766. The molecule has 0 radical (unpaired) electrons. The summed E-state index contributed by atoms with van der Waals surface area (Å²) in [4.78, 5) is 16.4. The maximum Gasteiger partial charge on any atom is 0.233 e. The predicted molar refractivity (Wildman–Crippen MR) is 101 cm³/mol. The van der Waals surface area contributed by atoms with Gasteiger partial charge in [-0.2, -0.15) is 0 Å². The zero-order valence-electron chi connectivity index (χ0n) is 15.5. The minimum atomic E-state index is -0.260. The Labute approximate surface area is 157 Å². The maximum absolute atomic E-state index is 13.1. The number of carbonyl (C=O) groups is 1. The molecule has 8 heteroatoms. The first-order valence-electron chi connectivity index (χ1n) is 8.78. The summed E-state index contributed by atoms with van der Waals surface area (Å²) < 4.78 is 15.1. The average molecular weight is 377 g/mol. The van der Waals surface area contributed by atoms with Gasteiger partial charge in [0.15, 0.2) is 5.16 Å². The van der Waals surface area contributed by atoms with Crippen molar-refractivity contribution >= 4 is 29.3 Å². The summed E-state index contributed by atoms with van der Waals surface area (Å²) in [5.74, 6) is 0.913. The Hall–Kier alpha value is -2.09. The summed E-state index contributed by atoms with van der Waals surface area (Å²) in [5, 5.41) is 9.25. The van der Waals surface area contributed by atoms with E-state index in [2.05, 4.69) is 10.2 Å². The fraction of sp³-hybridized carbons (Fsp3) is 0.500. The van der Waals surface area contributed by atoms with Gasteiger partial charge >= 0.3 is 0 Å². The highest BCUT2D eigenvalue weighted by Gasteiger charge is 2.27. The molecule has 1 amide bonds. The predicted octanol–water partition coefficient (Wildman–Crippen LogP) is 3.31. The first-order chi connectivity index (χ1) is 12.4. The van der Waals surface area contributed by atoms with Crippen molar-refractivity contribution in [3.05, 3.63) is 30.1 Å². The zero-order valence-corrected chi connectivity index (χ0v) is 16.3. The fourth-order valence-electron chi connectivity index (χ4n) is 3.32. The van der Waals surface area contributed by atoms with E-state index in [0.29, 0.717) is 5.75 Å². The van der Waals surface area contributed by atoms with Gasteiger partial charge in [-0.05, 0) is 52.0 Å². The number of anilines is 2. The molecule has 0 saturated heterocycles. The van der Waals surface area contributed by atoms with E-state index in [1.165, 1.54) is 23.9 Å². The van der Waals surface area contributed by atoms with E-state index in [4.69, 9.17) is 0 Å². The third-order valence-corrected chi connectivity index (χ3v) is 5.30. The second-order valence-corrected chi connectivity index (χ2v) is 7.78. The van der Waals surface area contributed by atoms with Crippen LogP contribution in [-0.2, 0) is 11.3 Å². The summed E-state index contributed by atoms with van der Waals surface area (Å²) in [6.45, 7) is 9.60.